The van der Waals surface area contributed by atoms with Crippen molar-refractivity contribution in [3.8, 4) is 0 Å². The minimum Gasteiger partial charge on any atom is -0.481 e. The van der Waals surface area contributed by atoms with Crippen molar-refractivity contribution in [2.45, 2.75) is 39.8 Å². The van der Waals surface area contributed by atoms with E-state index in [0.717, 1.165) is 5.56 Å². The van der Waals surface area contributed by atoms with Crippen molar-refractivity contribution in [3.05, 3.63) is 64.3 Å². The molecule has 0 aliphatic heterocycles. The maximum absolute atomic E-state index is 14.6. The molecule has 142 valence electrons. The zero-order chi connectivity index (χ0) is 20.2. The summed E-state index contributed by atoms with van der Waals surface area (Å²) in [5, 5.41) is 8.58. The van der Waals surface area contributed by atoms with Gasteiger partial charge in [0, 0.05) is 17.6 Å². The number of carbonyl (C=O) groups is 1. The number of benzene rings is 1. The number of rotatable bonds is 6. The molecule has 1 aromatic carbocycles. The van der Waals surface area contributed by atoms with E-state index < -0.39 is 47.8 Å². The van der Waals surface area contributed by atoms with Gasteiger partial charge in [0.15, 0.2) is 5.83 Å². The summed E-state index contributed by atoms with van der Waals surface area (Å²) in [5.74, 6) is -4.29. The van der Waals surface area contributed by atoms with E-state index in [-0.39, 0.29) is 5.56 Å². The third-order valence-electron chi connectivity index (χ3n) is 3.66. The van der Waals surface area contributed by atoms with Crippen molar-refractivity contribution in [1.82, 2.24) is 0 Å². The van der Waals surface area contributed by atoms with Gasteiger partial charge in [0.25, 0.3) is 0 Å². The molecule has 0 unspecified atom stereocenters. The zero-order valence-corrected chi connectivity index (χ0v) is 14.6. The molecule has 1 N–H and O–H groups in total. The first-order valence-electron chi connectivity index (χ1n) is 7.67. The number of aliphatic carboxylic acids is 1. The van der Waals surface area contributed by atoms with Gasteiger partial charge in [0.2, 0.25) is 0 Å². The molecule has 0 spiro atoms. The predicted molar refractivity (Wildman–Crippen MR) is 89.9 cm³/mol. The number of halogens is 5. The lowest BCUT2D eigenvalue weighted by Crippen LogP contribution is -2.10. The van der Waals surface area contributed by atoms with Crippen molar-refractivity contribution < 1.29 is 31.9 Å². The van der Waals surface area contributed by atoms with Gasteiger partial charge in [-0.1, -0.05) is 24.3 Å². The Kier molecular flexibility index (Phi) is 6.89. The summed E-state index contributed by atoms with van der Waals surface area (Å²) in [7, 11) is 0. The van der Waals surface area contributed by atoms with Gasteiger partial charge in [-0.2, -0.15) is 13.2 Å². The summed E-state index contributed by atoms with van der Waals surface area (Å²) in [6.07, 6.45) is -5.81. The van der Waals surface area contributed by atoms with E-state index in [1.165, 1.54) is 0 Å². The molecule has 1 aromatic rings. The molecular weight excluding hydrogens is 355 g/mol. The lowest BCUT2D eigenvalue weighted by molar-refractivity contribution is -0.137. The Morgan fingerprint density at radius 1 is 1.12 bits per heavy atom. The van der Waals surface area contributed by atoms with Crippen LogP contribution in [0, 0.1) is 20.8 Å². The van der Waals surface area contributed by atoms with Gasteiger partial charge in [-0.3, -0.25) is 4.79 Å². The Balaban J connectivity index is 3.61. The number of aryl methyl sites for hydroxylation is 3. The molecule has 0 radical (unpaired) electrons. The smallest absolute Gasteiger partial charge is 0.415 e. The molecule has 7 heteroatoms. The second-order valence-corrected chi connectivity index (χ2v) is 5.97. The second kappa shape index (κ2) is 8.29. The van der Waals surface area contributed by atoms with Crippen LogP contribution < -0.4 is 0 Å². The summed E-state index contributed by atoms with van der Waals surface area (Å²) < 4.78 is 67.3. The van der Waals surface area contributed by atoms with Crippen LogP contribution in [0.1, 0.15) is 35.1 Å². The van der Waals surface area contributed by atoms with E-state index in [4.69, 9.17) is 5.11 Å². The van der Waals surface area contributed by atoms with Crippen LogP contribution in [0.4, 0.5) is 22.0 Å². The molecule has 0 aliphatic rings. The highest BCUT2D eigenvalue weighted by Gasteiger charge is 2.32. The molecule has 0 saturated carbocycles. The van der Waals surface area contributed by atoms with Crippen LogP contribution in [-0.4, -0.2) is 17.3 Å². The van der Waals surface area contributed by atoms with Gasteiger partial charge in [-0.25, -0.2) is 8.78 Å². The minimum absolute atomic E-state index is 0.115. The summed E-state index contributed by atoms with van der Waals surface area (Å²) in [6.45, 7) is 7.78. The molecule has 0 aliphatic carbocycles. The standard InChI is InChI=1S/C19H19F5O2/c1-10-7-11(2)17(12(3)8-10)14(9-13(4)19(22,23)24)18(21)15(20)5-6-16(25)26/h7-9H,4-6H2,1-3H3,(H,25,26)/b14-9-,18-15+. The van der Waals surface area contributed by atoms with E-state index in [0.29, 0.717) is 17.2 Å². The van der Waals surface area contributed by atoms with E-state index in [2.05, 4.69) is 6.58 Å². The summed E-state index contributed by atoms with van der Waals surface area (Å²) in [6, 6.07) is 3.27. The predicted octanol–water partition coefficient (Wildman–Crippen LogP) is 6.13. The number of hydrogen-bond acceptors (Lipinski definition) is 1. The van der Waals surface area contributed by atoms with Crippen LogP contribution in [-0.2, 0) is 4.79 Å². The minimum atomic E-state index is -4.81. The second-order valence-electron chi connectivity index (χ2n) is 5.97. The first kappa shape index (κ1) is 21.6. The Morgan fingerprint density at radius 3 is 2.04 bits per heavy atom. The number of allylic oxidation sites excluding steroid dienone is 5. The molecule has 26 heavy (non-hydrogen) atoms. The highest BCUT2D eigenvalue weighted by atomic mass is 19.4. The van der Waals surface area contributed by atoms with E-state index in [1.807, 2.05) is 0 Å². The van der Waals surface area contributed by atoms with Gasteiger partial charge in [0.05, 0.1) is 6.42 Å². The van der Waals surface area contributed by atoms with Crippen LogP contribution in [0.2, 0.25) is 0 Å². The lowest BCUT2D eigenvalue weighted by atomic mass is 9.91. The van der Waals surface area contributed by atoms with Gasteiger partial charge in [-0.05, 0) is 43.5 Å². The quantitative estimate of drug-likeness (QED) is 0.480. The van der Waals surface area contributed by atoms with Crippen LogP contribution >= 0.6 is 0 Å². The first-order chi connectivity index (χ1) is 11.8. The summed E-state index contributed by atoms with van der Waals surface area (Å²) in [4.78, 5) is 10.5. The van der Waals surface area contributed by atoms with Crippen molar-refractivity contribution in [1.29, 1.82) is 0 Å². The van der Waals surface area contributed by atoms with E-state index in [1.54, 1.807) is 32.9 Å². The Bertz CT molecular complexity index is 763. The highest BCUT2D eigenvalue weighted by molar-refractivity contribution is 5.83. The Morgan fingerprint density at radius 2 is 1.62 bits per heavy atom. The molecule has 0 saturated heterocycles. The van der Waals surface area contributed by atoms with Crippen LogP contribution in [0.15, 0.2) is 42.0 Å². The van der Waals surface area contributed by atoms with Crippen LogP contribution in [0.25, 0.3) is 5.57 Å². The maximum Gasteiger partial charge on any atom is 0.415 e. The van der Waals surface area contributed by atoms with Crippen LogP contribution in [0.3, 0.4) is 0 Å². The number of alkyl halides is 3. The first-order valence-corrected chi connectivity index (χ1v) is 7.67. The largest absolute Gasteiger partial charge is 0.481 e. The normalized spacial score (nSPS) is 13.5. The molecule has 1 rings (SSSR count). The molecule has 0 amide bonds. The van der Waals surface area contributed by atoms with Crippen molar-refractivity contribution >= 4 is 11.5 Å². The molecule has 0 heterocycles. The molecular formula is C19H19F5O2. The fourth-order valence-corrected chi connectivity index (χ4v) is 2.58. The molecule has 0 bridgehead atoms. The molecule has 0 fully saturated rings. The van der Waals surface area contributed by atoms with Gasteiger partial charge < -0.3 is 5.11 Å². The lowest BCUT2D eigenvalue weighted by Gasteiger charge is -2.16. The van der Waals surface area contributed by atoms with Crippen molar-refractivity contribution in [2.75, 3.05) is 0 Å². The monoisotopic (exact) mass is 374 g/mol. The average molecular weight is 374 g/mol. The fraction of sp³-hybridized carbons (Fsp3) is 0.316. The maximum atomic E-state index is 14.6. The number of hydrogen-bond donors (Lipinski definition) is 1. The molecule has 0 aromatic heterocycles. The zero-order valence-electron chi connectivity index (χ0n) is 14.6. The Hall–Kier alpha value is -2.44. The highest BCUT2D eigenvalue weighted by Crippen LogP contribution is 2.37. The fourth-order valence-electron chi connectivity index (χ4n) is 2.58. The number of carboxylic acids is 1. The van der Waals surface area contributed by atoms with E-state index >= 15 is 0 Å². The van der Waals surface area contributed by atoms with E-state index in [9.17, 15) is 26.7 Å². The Labute approximate surface area is 148 Å². The van der Waals surface area contributed by atoms with Crippen molar-refractivity contribution in [3.63, 3.8) is 0 Å². The average Bonchev–Trinajstić information content (AvgIpc) is 2.48. The number of carboxylic acid groups (broad SMARTS) is 1. The topological polar surface area (TPSA) is 37.3 Å². The third-order valence-corrected chi connectivity index (χ3v) is 3.66. The summed E-state index contributed by atoms with van der Waals surface area (Å²) in [5.41, 5.74) is -0.0921. The van der Waals surface area contributed by atoms with Gasteiger partial charge in [0.1, 0.15) is 5.83 Å². The van der Waals surface area contributed by atoms with Crippen LogP contribution in [0.5, 0.6) is 0 Å². The summed E-state index contributed by atoms with van der Waals surface area (Å²) >= 11 is 0. The molecule has 2 nitrogen and oxygen atoms in total. The van der Waals surface area contributed by atoms with Crippen molar-refractivity contribution in [2.24, 2.45) is 0 Å². The van der Waals surface area contributed by atoms with Gasteiger partial charge >= 0.3 is 12.1 Å². The van der Waals surface area contributed by atoms with Gasteiger partial charge in [-0.15, -0.1) is 0 Å². The third kappa shape index (κ3) is 5.54. The SMILES string of the molecule is C=C(/C=C(\C(F)=C(/F)CCC(=O)O)c1c(C)cc(C)cc1C)C(F)(F)F. The molecule has 0 atom stereocenters.